The van der Waals surface area contributed by atoms with Crippen LogP contribution < -0.4 is 26.0 Å². The predicted molar refractivity (Wildman–Crippen MR) is 196 cm³/mol. The SMILES string of the molecule is COc1cc(C=C2SC(=O)N(CC(=O)Nc3ccc(C)cc3C)C2=O)ccc1Oc1nc2c(c(=O)n(C)c(=O)n2C)n1Cc1ccc(Cl)cc1Cl. The van der Waals surface area contributed by atoms with Gasteiger partial charge in [0, 0.05) is 29.8 Å². The normalized spacial score (nSPS) is 13.8. The fourth-order valence-corrected chi connectivity index (χ4v) is 6.81. The van der Waals surface area contributed by atoms with Gasteiger partial charge in [-0.25, -0.2) is 4.79 Å². The Hall–Kier alpha value is -5.31. The van der Waals surface area contributed by atoms with Crippen LogP contribution in [0.15, 0.2) is 69.1 Å². The number of carbonyl (C=O) groups excluding carboxylic acids is 3. The number of anilines is 1. The lowest BCUT2D eigenvalue weighted by atomic mass is 10.1. The molecule has 5 aromatic rings. The molecule has 0 unspecified atom stereocenters. The fourth-order valence-electron chi connectivity index (χ4n) is 5.50. The van der Waals surface area contributed by atoms with Crippen molar-refractivity contribution in [2.24, 2.45) is 14.1 Å². The van der Waals surface area contributed by atoms with Gasteiger partial charge in [0.2, 0.25) is 5.91 Å². The number of nitrogens with zero attached hydrogens (tertiary/aromatic N) is 5. The van der Waals surface area contributed by atoms with E-state index in [1.807, 2.05) is 26.0 Å². The molecule has 1 N–H and O–H groups in total. The summed E-state index contributed by atoms with van der Waals surface area (Å²) in [5, 5.41) is 2.97. The number of carbonyl (C=O) groups is 3. The zero-order chi connectivity index (χ0) is 36.7. The topological polar surface area (TPSA) is 147 Å². The van der Waals surface area contributed by atoms with E-state index in [0.717, 1.165) is 32.4 Å². The van der Waals surface area contributed by atoms with Crippen molar-refractivity contribution in [3.05, 3.63) is 113 Å². The molecule has 1 saturated heterocycles. The number of methoxy groups -OCH3 is 1. The first kappa shape index (κ1) is 35.5. The van der Waals surface area contributed by atoms with E-state index < -0.39 is 34.8 Å². The lowest BCUT2D eigenvalue weighted by Crippen LogP contribution is -2.37. The third-order valence-electron chi connectivity index (χ3n) is 8.17. The molecule has 0 aliphatic carbocycles. The minimum absolute atomic E-state index is 0.0272. The van der Waals surface area contributed by atoms with E-state index in [1.54, 1.807) is 42.5 Å². The van der Waals surface area contributed by atoms with Gasteiger partial charge in [-0.1, -0.05) is 53.0 Å². The Bertz CT molecular complexity index is 2430. The number of aryl methyl sites for hydroxylation is 3. The molecular formula is C35H30Cl2N6O7S. The van der Waals surface area contributed by atoms with Gasteiger partial charge in [-0.3, -0.25) is 37.8 Å². The first-order chi connectivity index (χ1) is 24.2. The zero-order valence-electron chi connectivity index (χ0n) is 27.9. The highest BCUT2D eigenvalue weighted by molar-refractivity contribution is 8.18. The highest BCUT2D eigenvalue weighted by Crippen LogP contribution is 2.37. The van der Waals surface area contributed by atoms with Crippen LogP contribution in [-0.2, 0) is 30.2 Å². The Morgan fingerprint density at radius 2 is 1.73 bits per heavy atom. The number of hydrogen-bond donors (Lipinski definition) is 1. The van der Waals surface area contributed by atoms with Crippen LogP contribution in [0.3, 0.4) is 0 Å². The molecular weight excluding hydrogens is 719 g/mol. The predicted octanol–water partition coefficient (Wildman–Crippen LogP) is 5.88. The quantitative estimate of drug-likeness (QED) is 0.183. The second-order valence-corrected chi connectivity index (χ2v) is 13.6. The summed E-state index contributed by atoms with van der Waals surface area (Å²) in [4.78, 5) is 70.3. The maximum atomic E-state index is 13.4. The molecule has 3 heterocycles. The van der Waals surface area contributed by atoms with Crippen LogP contribution in [-0.4, -0.2) is 54.3 Å². The minimum atomic E-state index is -0.609. The van der Waals surface area contributed by atoms with E-state index in [1.165, 1.54) is 36.4 Å². The summed E-state index contributed by atoms with van der Waals surface area (Å²) in [5.41, 5.74) is 2.66. The summed E-state index contributed by atoms with van der Waals surface area (Å²) >= 11 is 13.3. The van der Waals surface area contributed by atoms with Crippen molar-refractivity contribution in [1.29, 1.82) is 0 Å². The van der Waals surface area contributed by atoms with Gasteiger partial charge in [0.25, 0.3) is 16.7 Å². The Balaban J connectivity index is 1.28. The van der Waals surface area contributed by atoms with Crippen molar-refractivity contribution in [3.63, 3.8) is 0 Å². The van der Waals surface area contributed by atoms with E-state index in [-0.39, 0.29) is 40.1 Å². The zero-order valence-corrected chi connectivity index (χ0v) is 30.3. The second kappa shape index (κ2) is 14.1. The Labute approximate surface area is 305 Å². The number of benzene rings is 3. The lowest BCUT2D eigenvalue weighted by Gasteiger charge is -2.14. The summed E-state index contributed by atoms with van der Waals surface area (Å²) in [5.74, 6) is -0.676. The monoisotopic (exact) mass is 748 g/mol. The van der Waals surface area contributed by atoms with Crippen LogP contribution in [0, 0.1) is 13.8 Å². The molecule has 0 spiro atoms. The second-order valence-electron chi connectivity index (χ2n) is 11.7. The minimum Gasteiger partial charge on any atom is -0.493 e. The average molecular weight is 750 g/mol. The number of fused-ring (bicyclic) bond motifs is 1. The van der Waals surface area contributed by atoms with E-state index in [9.17, 15) is 24.0 Å². The Morgan fingerprint density at radius 1 is 0.961 bits per heavy atom. The van der Waals surface area contributed by atoms with Crippen molar-refractivity contribution >= 4 is 74.9 Å². The van der Waals surface area contributed by atoms with E-state index in [2.05, 4.69) is 10.3 Å². The van der Waals surface area contributed by atoms with Crippen LogP contribution >= 0.6 is 35.0 Å². The van der Waals surface area contributed by atoms with Crippen molar-refractivity contribution in [3.8, 4) is 17.5 Å². The van der Waals surface area contributed by atoms with Gasteiger partial charge in [0.15, 0.2) is 22.7 Å². The molecule has 3 amide bonds. The number of rotatable bonds is 9. The van der Waals surface area contributed by atoms with Gasteiger partial charge in [0.05, 0.1) is 18.6 Å². The molecule has 262 valence electrons. The highest BCUT2D eigenvalue weighted by Gasteiger charge is 2.36. The average Bonchev–Trinajstić information content (AvgIpc) is 3.57. The number of ether oxygens (including phenoxy) is 2. The molecule has 13 nitrogen and oxygen atoms in total. The van der Waals surface area contributed by atoms with E-state index >= 15 is 0 Å². The molecule has 0 atom stereocenters. The number of hydrogen-bond acceptors (Lipinski definition) is 9. The van der Waals surface area contributed by atoms with Gasteiger partial charge >= 0.3 is 11.7 Å². The third kappa shape index (κ3) is 7.02. The standard InChI is InChI=1S/C35H30Cl2N6O7S/c1-18-6-10-24(19(2)12-18)38-28(44)17-43-31(45)27(51-35(43)48)14-20-7-11-25(26(13-20)49-5)50-33-39-30-29(32(46)41(4)34(47)40(30)3)42(33)16-21-8-9-22(36)15-23(21)37/h6-15H,16-17H2,1-5H3,(H,38,44). The summed E-state index contributed by atoms with van der Waals surface area (Å²) in [6.07, 6.45) is 1.51. The summed E-state index contributed by atoms with van der Waals surface area (Å²) in [6, 6.07) is 15.3. The number of imide groups is 1. The van der Waals surface area contributed by atoms with Crippen molar-refractivity contribution in [2.45, 2.75) is 20.4 Å². The number of amides is 3. The number of nitrogens with one attached hydrogen (secondary N) is 1. The lowest BCUT2D eigenvalue weighted by molar-refractivity contribution is -0.127. The van der Waals surface area contributed by atoms with Crippen LogP contribution in [0.1, 0.15) is 22.3 Å². The van der Waals surface area contributed by atoms with Crippen molar-refractivity contribution in [2.75, 3.05) is 19.0 Å². The third-order valence-corrected chi connectivity index (χ3v) is 9.67. The molecule has 1 aliphatic heterocycles. The molecule has 51 heavy (non-hydrogen) atoms. The largest absolute Gasteiger partial charge is 0.493 e. The Morgan fingerprint density at radius 3 is 2.43 bits per heavy atom. The van der Waals surface area contributed by atoms with Crippen molar-refractivity contribution in [1.82, 2.24) is 23.6 Å². The molecule has 2 aromatic heterocycles. The number of halogens is 2. The van der Waals surface area contributed by atoms with Gasteiger partial charge < -0.3 is 14.8 Å². The Kier molecular flexibility index (Phi) is 9.84. The highest BCUT2D eigenvalue weighted by atomic mass is 35.5. The summed E-state index contributed by atoms with van der Waals surface area (Å²) < 4.78 is 15.5. The summed E-state index contributed by atoms with van der Waals surface area (Å²) in [7, 11) is 4.29. The molecule has 0 bridgehead atoms. The summed E-state index contributed by atoms with van der Waals surface area (Å²) in [6.45, 7) is 3.40. The van der Waals surface area contributed by atoms with E-state index in [4.69, 9.17) is 32.7 Å². The van der Waals surface area contributed by atoms with Gasteiger partial charge in [0.1, 0.15) is 6.54 Å². The fraction of sp³-hybridized carbons (Fsp3) is 0.200. The van der Waals surface area contributed by atoms with Crippen LogP contribution in [0.5, 0.6) is 17.5 Å². The molecule has 6 rings (SSSR count). The molecule has 0 radical (unpaired) electrons. The van der Waals surface area contributed by atoms with Gasteiger partial charge in [-0.2, -0.15) is 4.98 Å². The molecule has 0 saturated carbocycles. The van der Waals surface area contributed by atoms with Crippen LogP contribution in [0.4, 0.5) is 10.5 Å². The first-order valence-electron chi connectivity index (χ1n) is 15.3. The van der Waals surface area contributed by atoms with Crippen LogP contribution in [0.25, 0.3) is 17.2 Å². The van der Waals surface area contributed by atoms with Gasteiger partial charge in [-0.05, 0) is 78.7 Å². The molecule has 3 aromatic carbocycles. The number of thioether (sulfide) groups is 1. The number of imidazole rings is 1. The smallest absolute Gasteiger partial charge is 0.332 e. The molecule has 16 heteroatoms. The van der Waals surface area contributed by atoms with Gasteiger partial charge in [-0.15, -0.1) is 0 Å². The molecule has 1 aliphatic rings. The van der Waals surface area contributed by atoms with E-state index in [0.29, 0.717) is 26.9 Å². The van der Waals surface area contributed by atoms with Crippen LogP contribution in [0.2, 0.25) is 10.0 Å². The maximum absolute atomic E-state index is 13.4. The molecule has 1 fully saturated rings. The first-order valence-corrected chi connectivity index (χ1v) is 16.9. The maximum Gasteiger partial charge on any atom is 0.332 e. The number of aromatic nitrogens is 4. The van der Waals surface area contributed by atoms with Crippen molar-refractivity contribution < 1.29 is 23.9 Å².